The number of allylic oxidation sites excluding steroid dienone is 1. The molecule has 0 radical (unpaired) electrons. The average Bonchev–Trinajstić information content (AvgIpc) is 2.66. The number of rotatable bonds is 6. The third-order valence-corrected chi connectivity index (χ3v) is 6.07. The van der Waals surface area contributed by atoms with E-state index in [0.717, 1.165) is 40.6 Å². The Hall–Kier alpha value is -1.82. The predicted molar refractivity (Wildman–Crippen MR) is 110 cm³/mol. The number of hydrogen-bond acceptors (Lipinski definition) is 4. The highest BCUT2D eigenvalue weighted by atomic mass is 32.2. The third kappa shape index (κ3) is 5.34. The summed E-state index contributed by atoms with van der Waals surface area (Å²) >= 11 is 1.70. The van der Waals surface area contributed by atoms with E-state index >= 15 is 0 Å². The second-order valence-corrected chi connectivity index (χ2v) is 8.42. The first-order valence-electron chi connectivity index (χ1n) is 9.90. The number of thioether (sulfide) groups is 1. The molecule has 0 aromatic carbocycles. The molecule has 2 heterocycles. The van der Waals surface area contributed by atoms with Gasteiger partial charge < -0.3 is 10.2 Å². The molecule has 0 saturated heterocycles. The summed E-state index contributed by atoms with van der Waals surface area (Å²) in [6.45, 7) is 5.34. The van der Waals surface area contributed by atoms with E-state index in [2.05, 4.69) is 16.4 Å². The van der Waals surface area contributed by atoms with Gasteiger partial charge in [0.25, 0.3) is 0 Å². The summed E-state index contributed by atoms with van der Waals surface area (Å²) in [5, 5.41) is 3.89. The van der Waals surface area contributed by atoms with Crippen molar-refractivity contribution in [1.82, 2.24) is 10.3 Å². The fourth-order valence-electron chi connectivity index (χ4n) is 3.76. The monoisotopic (exact) mass is 387 g/mol. The molecule has 5 nitrogen and oxygen atoms in total. The summed E-state index contributed by atoms with van der Waals surface area (Å²) in [6.07, 6.45) is 8.60. The molecule has 0 saturated carbocycles. The predicted octanol–water partition coefficient (Wildman–Crippen LogP) is 3.92. The van der Waals surface area contributed by atoms with E-state index in [1.807, 2.05) is 24.8 Å². The van der Waals surface area contributed by atoms with E-state index < -0.39 is 0 Å². The highest BCUT2D eigenvalue weighted by Gasteiger charge is 2.26. The van der Waals surface area contributed by atoms with Gasteiger partial charge in [0.05, 0.1) is 5.69 Å². The Balaban J connectivity index is 1.48. The summed E-state index contributed by atoms with van der Waals surface area (Å²) in [5.74, 6) is 0.816. The zero-order valence-electron chi connectivity index (χ0n) is 16.3. The Labute approximate surface area is 166 Å². The van der Waals surface area contributed by atoms with Crippen molar-refractivity contribution >= 4 is 29.3 Å². The third-order valence-electron chi connectivity index (χ3n) is 5.12. The van der Waals surface area contributed by atoms with Crippen molar-refractivity contribution in [2.24, 2.45) is 0 Å². The van der Waals surface area contributed by atoms with Crippen LogP contribution in [-0.4, -0.2) is 35.6 Å². The maximum Gasteiger partial charge on any atom is 0.227 e. The lowest BCUT2D eigenvalue weighted by Crippen LogP contribution is -2.37. The molecule has 6 heteroatoms. The van der Waals surface area contributed by atoms with Crippen molar-refractivity contribution in [1.29, 1.82) is 0 Å². The van der Waals surface area contributed by atoms with Crippen molar-refractivity contribution in [2.75, 3.05) is 23.7 Å². The number of aryl methyl sites for hydroxylation is 2. The summed E-state index contributed by atoms with van der Waals surface area (Å²) in [6, 6.07) is 2.01. The highest BCUT2D eigenvalue weighted by molar-refractivity contribution is 7.99. The number of aromatic nitrogens is 1. The molecule has 0 spiro atoms. The van der Waals surface area contributed by atoms with Gasteiger partial charge in [-0.2, -0.15) is 0 Å². The number of amides is 2. The highest BCUT2D eigenvalue weighted by Crippen LogP contribution is 2.36. The molecule has 2 aliphatic rings. The Morgan fingerprint density at radius 2 is 2.11 bits per heavy atom. The first-order valence-corrected chi connectivity index (χ1v) is 10.9. The average molecular weight is 388 g/mol. The van der Waals surface area contributed by atoms with Crippen molar-refractivity contribution < 1.29 is 9.59 Å². The van der Waals surface area contributed by atoms with Crippen LogP contribution in [0.2, 0.25) is 0 Å². The van der Waals surface area contributed by atoms with Crippen LogP contribution in [-0.2, 0) is 9.59 Å². The lowest BCUT2D eigenvalue weighted by molar-refractivity contribution is -0.125. The van der Waals surface area contributed by atoms with Crippen LogP contribution in [0.25, 0.3) is 0 Å². The lowest BCUT2D eigenvalue weighted by Gasteiger charge is -2.30. The number of pyridine rings is 1. The van der Waals surface area contributed by atoms with Gasteiger partial charge in [0.2, 0.25) is 11.8 Å². The summed E-state index contributed by atoms with van der Waals surface area (Å²) in [7, 11) is 0. The van der Waals surface area contributed by atoms with Gasteiger partial charge >= 0.3 is 0 Å². The summed E-state index contributed by atoms with van der Waals surface area (Å²) in [5.41, 5.74) is 4.42. The SMILES string of the molecule is Cc1cc(C)c2c(n1)SCCN2C(=O)CCC(=O)NCCC1=CCCCC1. The molecule has 1 aliphatic heterocycles. The molecule has 146 valence electrons. The van der Waals surface area contributed by atoms with Crippen molar-refractivity contribution in [3.05, 3.63) is 29.0 Å². The van der Waals surface area contributed by atoms with E-state index in [1.54, 1.807) is 11.8 Å². The van der Waals surface area contributed by atoms with Gasteiger partial charge in [-0.25, -0.2) is 4.98 Å². The molecule has 0 unspecified atom stereocenters. The van der Waals surface area contributed by atoms with Crippen LogP contribution in [0.3, 0.4) is 0 Å². The Kier molecular flexibility index (Phi) is 6.94. The Morgan fingerprint density at radius 1 is 1.26 bits per heavy atom. The fraction of sp³-hybridized carbons (Fsp3) is 0.571. The second kappa shape index (κ2) is 9.40. The minimum atomic E-state index is -0.0369. The van der Waals surface area contributed by atoms with Crippen LogP contribution in [0.5, 0.6) is 0 Å². The van der Waals surface area contributed by atoms with Crippen LogP contribution in [0.1, 0.15) is 56.2 Å². The molecule has 2 amide bonds. The van der Waals surface area contributed by atoms with E-state index in [0.29, 0.717) is 13.1 Å². The zero-order valence-corrected chi connectivity index (χ0v) is 17.2. The van der Waals surface area contributed by atoms with E-state index in [-0.39, 0.29) is 24.7 Å². The topological polar surface area (TPSA) is 62.3 Å². The lowest BCUT2D eigenvalue weighted by atomic mass is 9.97. The summed E-state index contributed by atoms with van der Waals surface area (Å²) in [4.78, 5) is 31.2. The van der Waals surface area contributed by atoms with Gasteiger partial charge in [-0.15, -0.1) is 11.8 Å². The number of hydrogen-bond donors (Lipinski definition) is 1. The molecule has 27 heavy (non-hydrogen) atoms. The van der Waals surface area contributed by atoms with Gasteiger partial charge in [-0.1, -0.05) is 11.6 Å². The zero-order chi connectivity index (χ0) is 19.2. The number of carbonyl (C=O) groups excluding carboxylic acids is 2. The second-order valence-electron chi connectivity index (χ2n) is 7.34. The van der Waals surface area contributed by atoms with Gasteiger partial charge in [-0.05, 0) is 57.6 Å². The normalized spacial score (nSPS) is 16.5. The van der Waals surface area contributed by atoms with Gasteiger partial charge in [0.1, 0.15) is 5.03 Å². The van der Waals surface area contributed by atoms with Crippen molar-refractivity contribution in [2.45, 2.75) is 63.8 Å². The van der Waals surface area contributed by atoms with E-state index in [9.17, 15) is 9.59 Å². The van der Waals surface area contributed by atoms with E-state index in [1.165, 1.54) is 24.8 Å². The van der Waals surface area contributed by atoms with Crippen LogP contribution in [0, 0.1) is 13.8 Å². The first-order chi connectivity index (χ1) is 13.0. The molecule has 1 aromatic rings. The van der Waals surface area contributed by atoms with Gasteiger partial charge in [0.15, 0.2) is 0 Å². The van der Waals surface area contributed by atoms with Crippen LogP contribution >= 0.6 is 11.8 Å². The quantitative estimate of drug-likeness (QED) is 0.752. The van der Waals surface area contributed by atoms with Gasteiger partial charge in [0, 0.05) is 37.4 Å². The molecule has 0 atom stereocenters. The number of carbonyl (C=O) groups is 2. The molecule has 1 aliphatic carbocycles. The maximum atomic E-state index is 12.7. The standard InChI is InChI=1S/C21H29N3O2S/c1-15-14-16(2)23-21-20(15)24(12-13-27-21)19(26)9-8-18(25)22-11-10-17-6-4-3-5-7-17/h6,14H,3-5,7-13H2,1-2H3,(H,22,25). The van der Waals surface area contributed by atoms with Gasteiger partial charge in [-0.3, -0.25) is 9.59 Å². The minimum absolute atomic E-state index is 0.00967. The smallest absolute Gasteiger partial charge is 0.227 e. The van der Waals surface area contributed by atoms with E-state index in [4.69, 9.17) is 0 Å². The number of nitrogens with one attached hydrogen (secondary N) is 1. The van der Waals surface area contributed by atoms with Crippen LogP contribution in [0.15, 0.2) is 22.7 Å². The minimum Gasteiger partial charge on any atom is -0.356 e. The largest absolute Gasteiger partial charge is 0.356 e. The molecule has 1 N–H and O–H groups in total. The number of nitrogens with zero attached hydrogens (tertiary/aromatic N) is 2. The van der Waals surface area contributed by atoms with Crippen molar-refractivity contribution in [3.63, 3.8) is 0 Å². The maximum absolute atomic E-state index is 12.7. The molecule has 0 bridgehead atoms. The Morgan fingerprint density at radius 3 is 2.89 bits per heavy atom. The molecule has 3 rings (SSSR count). The molecular formula is C21H29N3O2S. The Bertz CT molecular complexity index is 745. The number of anilines is 1. The van der Waals surface area contributed by atoms with Crippen LogP contribution in [0.4, 0.5) is 5.69 Å². The molecule has 0 fully saturated rings. The first kappa shape index (κ1) is 19.9. The molecular weight excluding hydrogens is 358 g/mol. The number of fused-ring (bicyclic) bond motifs is 1. The van der Waals surface area contributed by atoms with Crippen LogP contribution < -0.4 is 10.2 Å². The summed E-state index contributed by atoms with van der Waals surface area (Å²) < 4.78 is 0. The molecule has 1 aromatic heterocycles. The fourth-order valence-corrected chi connectivity index (χ4v) is 4.84. The van der Waals surface area contributed by atoms with Crippen molar-refractivity contribution in [3.8, 4) is 0 Å².